The van der Waals surface area contributed by atoms with Crippen molar-refractivity contribution in [3.63, 3.8) is 0 Å². The molecule has 2 aromatic rings. The monoisotopic (exact) mass is 284 g/mol. The first kappa shape index (κ1) is 14.3. The summed E-state index contributed by atoms with van der Waals surface area (Å²) in [6.07, 6.45) is 4.69. The van der Waals surface area contributed by atoms with Crippen LogP contribution in [0.4, 0.5) is 0 Å². The molecule has 4 nitrogen and oxygen atoms in total. The van der Waals surface area contributed by atoms with Gasteiger partial charge in [-0.15, -0.1) is 0 Å². The van der Waals surface area contributed by atoms with Crippen molar-refractivity contribution < 1.29 is 0 Å². The molecule has 1 aliphatic rings. The molecule has 1 saturated carbocycles. The van der Waals surface area contributed by atoms with Crippen molar-refractivity contribution in [3.05, 3.63) is 42.1 Å². The minimum absolute atomic E-state index is 0.852. The molecule has 1 fully saturated rings. The van der Waals surface area contributed by atoms with Crippen LogP contribution in [-0.2, 0) is 6.54 Å². The molecular weight excluding hydrogens is 260 g/mol. The zero-order chi connectivity index (χ0) is 14.5. The maximum absolute atomic E-state index is 4.19. The zero-order valence-electron chi connectivity index (χ0n) is 12.7. The number of rotatable bonds is 8. The minimum Gasteiger partial charge on any atom is -0.311 e. The van der Waals surface area contributed by atoms with Crippen molar-refractivity contribution >= 4 is 0 Å². The standard InChI is InChI=1S/C17H24N4/c1-2-21(16-8-9-16)11-10-18-12-15-13-19-20-17(15)14-6-4-3-5-7-14/h3-7,13,16,18H,2,8-12H2,1H3,(H,19,20). The normalized spacial score (nSPS) is 14.8. The number of nitrogens with zero attached hydrogens (tertiary/aromatic N) is 2. The Bertz CT molecular complexity index is 545. The van der Waals surface area contributed by atoms with Crippen molar-refractivity contribution in [2.45, 2.75) is 32.4 Å². The van der Waals surface area contributed by atoms with Crippen LogP contribution >= 0.6 is 0 Å². The van der Waals surface area contributed by atoms with Crippen LogP contribution in [0.5, 0.6) is 0 Å². The maximum Gasteiger partial charge on any atom is 0.0695 e. The van der Waals surface area contributed by atoms with Gasteiger partial charge in [0.25, 0.3) is 0 Å². The molecule has 1 aromatic carbocycles. The Morgan fingerprint density at radius 2 is 2.10 bits per heavy atom. The Morgan fingerprint density at radius 1 is 1.29 bits per heavy atom. The molecule has 0 aliphatic heterocycles. The lowest BCUT2D eigenvalue weighted by Crippen LogP contribution is -2.33. The molecule has 0 saturated heterocycles. The number of benzene rings is 1. The molecule has 0 bridgehead atoms. The highest BCUT2D eigenvalue weighted by Gasteiger charge is 2.26. The second-order valence-electron chi connectivity index (χ2n) is 5.67. The van der Waals surface area contributed by atoms with Gasteiger partial charge in [-0.1, -0.05) is 37.3 Å². The first-order chi connectivity index (χ1) is 10.4. The summed E-state index contributed by atoms with van der Waals surface area (Å²) in [5.74, 6) is 0. The fourth-order valence-electron chi connectivity index (χ4n) is 2.78. The van der Waals surface area contributed by atoms with E-state index in [1.165, 1.54) is 24.0 Å². The molecule has 3 rings (SSSR count). The van der Waals surface area contributed by atoms with Gasteiger partial charge in [-0.25, -0.2) is 0 Å². The molecule has 1 aromatic heterocycles. The first-order valence-electron chi connectivity index (χ1n) is 7.91. The van der Waals surface area contributed by atoms with E-state index in [-0.39, 0.29) is 0 Å². The van der Waals surface area contributed by atoms with E-state index in [2.05, 4.69) is 51.6 Å². The fourth-order valence-corrected chi connectivity index (χ4v) is 2.78. The molecule has 21 heavy (non-hydrogen) atoms. The Labute approximate surface area is 126 Å². The number of hydrogen-bond donors (Lipinski definition) is 2. The number of aromatic nitrogens is 2. The summed E-state index contributed by atoms with van der Waals surface area (Å²) in [4.78, 5) is 2.57. The molecule has 1 heterocycles. The maximum atomic E-state index is 4.19. The molecule has 4 heteroatoms. The predicted octanol–water partition coefficient (Wildman–Crippen LogP) is 2.65. The summed E-state index contributed by atoms with van der Waals surface area (Å²) >= 11 is 0. The number of aromatic amines is 1. The Morgan fingerprint density at radius 3 is 2.81 bits per heavy atom. The summed E-state index contributed by atoms with van der Waals surface area (Å²) in [7, 11) is 0. The van der Waals surface area contributed by atoms with Gasteiger partial charge in [0.2, 0.25) is 0 Å². The van der Waals surface area contributed by atoms with E-state index in [0.29, 0.717) is 0 Å². The lowest BCUT2D eigenvalue weighted by Gasteiger charge is -2.19. The van der Waals surface area contributed by atoms with Crippen LogP contribution in [0.25, 0.3) is 11.3 Å². The number of nitrogens with one attached hydrogen (secondary N) is 2. The largest absolute Gasteiger partial charge is 0.311 e. The molecule has 1 aliphatic carbocycles. The third-order valence-corrected chi connectivity index (χ3v) is 4.14. The van der Waals surface area contributed by atoms with Crippen molar-refractivity contribution in [1.29, 1.82) is 0 Å². The van der Waals surface area contributed by atoms with E-state index >= 15 is 0 Å². The minimum atomic E-state index is 0.852. The van der Waals surface area contributed by atoms with E-state index < -0.39 is 0 Å². The van der Waals surface area contributed by atoms with Gasteiger partial charge in [0.1, 0.15) is 0 Å². The zero-order valence-corrected chi connectivity index (χ0v) is 12.7. The summed E-state index contributed by atoms with van der Waals surface area (Å²) in [5.41, 5.74) is 3.55. The van der Waals surface area contributed by atoms with Crippen LogP contribution in [0.1, 0.15) is 25.3 Å². The molecule has 112 valence electrons. The number of hydrogen-bond acceptors (Lipinski definition) is 3. The van der Waals surface area contributed by atoms with Crippen LogP contribution in [0, 0.1) is 0 Å². The van der Waals surface area contributed by atoms with Gasteiger partial charge in [0, 0.05) is 31.2 Å². The van der Waals surface area contributed by atoms with E-state index in [1.54, 1.807) is 0 Å². The molecule has 0 atom stereocenters. The summed E-state index contributed by atoms with van der Waals surface area (Å²) in [6.45, 7) is 6.45. The van der Waals surface area contributed by atoms with Gasteiger partial charge in [-0.05, 0) is 24.9 Å². The quantitative estimate of drug-likeness (QED) is 0.732. The second kappa shape index (κ2) is 6.87. The summed E-state index contributed by atoms with van der Waals surface area (Å²) in [5, 5.41) is 10.8. The van der Waals surface area contributed by atoms with E-state index in [0.717, 1.165) is 37.9 Å². The molecular formula is C17H24N4. The Hall–Kier alpha value is -1.65. The number of H-pyrrole nitrogens is 1. The van der Waals surface area contributed by atoms with Gasteiger partial charge in [0.05, 0.1) is 11.9 Å². The summed E-state index contributed by atoms with van der Waals surface area (Å²) < 4.78 is 0. The van der Waals surface area contributed by atoms with Gasteiger partial charge in [-0.2, -0.15) is 5.10 Å². The molecule has 0 unspecified atom stereocenters. The SMILES string of the molecule is CCN(CCNCc1cn[nH]c1-c1ccccc1)C1CC1. The van der Waals surface area contributed by atoms with Crippen molar-refractivity contribution in [2.24, 2.45) is 0 Å². The molecule has 0 radical (unpaired) electrons. The first-order valence-corrected chi connectivity index (χ1v) is 7.91. The van der Waals surface area contributed by atoms with Gasteiger partial charge in [0.15, 0.2) is 0 Å². The van der Waals surface area contributed by atoms with Crippen molar-refractivity contribution in [2.75, 3.05) is 19.6 Å². The average Bonchev–Trinajstić information content (AvgIpc) is 3.26. The van der Waals surface area contributed by atoms with Crippen LogP contribution in [0.3, 0.4) is 0 Å². The highest BCUT2D eigenvalue weighted by Crippen LogP contribution is 2.26. The van der Waals surface area contributed by atoms with E-state index in [9.17, 15) is 0 Å². The Kier molecular flexibility index (Phi) is 4.68. The average molecular weight is 284 g/mol. The van der Waals surface area contributed by atoms with E-state index in [4.69, 9.17) is 0 Å². The highest BCUT2D eigenvalue weighted by atomic mass is 15.2. The van der Waals surface area contributed by atoms with E-state index in [1.807, 2.05) is 12.3 Å². The molecule has 0 spiro atoms. The lowest BCUT2D eigenvalue weighted by atomic mass is 10.1. The topological polar surface area (TPSA) is 44.0 Å². The van der Waals surface area contributed by atoms with Crippen LogP contribution in [0.15, 0.2) is 36.5 Å². The van der Waals surface area contributed by atoms with Crippen molar-refractivity contribution in [3.8, 4) is 11.3 Å². The highest BCUT2D eigenvalue weighted by molar-refractivity contribution is 5.62. The van der Waals surface area contributed by atoms with Crippen molar-refractivity contribution in [1.82, 2.24) is 20.4 Å². The second-order valence-corrected chi connectivity index (χ2v) is 5.67. The summed E-state index contributed by atoms with van der Waals surface area (Å²) in [6, 6.07) is 11.2. The number of likely N-dealkylation sites (N-methyl/N-ethyl adjacent to an activating group) is 1. The lowest BCUT2D eigenvalue weighted by molar-refractivity contribution is 0.277. The van der Waals surface area contributed by atoms with Crippen LogP contribution < -0.4 is 5.32 Å². The van der Waals surface area contributed by atoms with Gasteiger partial charge in [-0.3, -0.25) is 10.00 Å². The van der Waals surface area contributed by atoms with Gasteiger partial charge >= 0.3 is 0 Å². The predicted molar refractivity (Wildman–Crippen MR) is 86.0 cm³/mol. The smallest absolute Gasteiger partial charge is 0.0695 e. The third kappa shape index (κ3) is 3.71. The van der Waals surface area contributed by atoms with Crippen LogP contribution in [-0.4, -0.2) is 40.8 Å². The third-order valence-electron chi connectivity index (χ3n) is 4.14. The molecule has 0 amide bonds. The van der Waals surface area contributed by atoms with Crippen LogP contribution in [0.2, 0.25) is 0 Å². The fraction of sp³-hybridized carbons (Fsp3) is 0.471. The molecule has 2 N–H and O–H groups in total. The van der Waals surface area contributed by atoms with Gasteiger partial charge < -0.3 is 5.32 Å². The Balaban J connectivity index is 1.51.